The molecule has 0 spiro atoms. The monoisotopic (exact) mass is 601 g/mol. The number of oxazole rings is 1. The quantitative estimate of drug-likeness (QED) is 0.206. The molecule has 1 heterocycles. The standard InChI is InChI=1S/C27H27F4N3O6.ClH/c1-3-37-26(36)21(17-8-7-16(28)11-18(17)29)33-24(35)22-23(13(2)32)40-25(34-22)15-6-9-19(39-27(30)31)20(10-15)38-12-14-4-5-14;/h6-11,13-14,21,27H,3-5,12,32H2,1-2H3,(H,33,35);1H/t13-,21?;/m0./s1. The van der Waals surface area contributed by atoms with Gasteiger partial charge in [0, 0.05) is 17.2 Å². The van der Waals surface area contributed by atoms with Crippen LogP contribution in [0.15, 0.2) is 40.8 Å². The normalized spacial score (nSPS) is 14.1. The van der Waals surface area contributed by atoms with Crippen LogP contribution >= 0.6 is 12.4 Å². The van der Waals surface area contributed by atoms with Crippen molar-refractivity contribution in [2.45, 2.75) is 45.4 Å². The van der Waals surface area contributed by atoms with Gasteiger partial charge in [0.25, 0.3) is 5.91 Å². The molecule has 0 radical (unpaired) electrons. The molecule has 1 aromatic heterocycles. The second kappa shape index (κ2) is 13.7. The predicted molar refractivity (Wildman–Crippen MR) is 140 cm³/mol. The summed E-state index contributed by atoms with van der Waals surface area (Å²) in [6, 6.07) is 4.05. The summed E-state index contributed by atoms with van der Waals surface area (Å²) in [6.45, 7) is 0.212. The van der Waals surface area contributed by atoms with E-state index in [1.807, 2.05) is 0 Å². The Kier molecular flexibility index (Phi) is 10.6. The van der Waals surface area contributed by atoms with Gasteiger partial charge in [-0.15, -0.1) is 12.4 Å². The Morgan fingerprint density at radius 2 is 1.88 bits per heavy atom. The number of esters is 1. The predicted octanol–water partition coefficient (Wildman–Crippen LogP) is 5.49. The fraction of sp³-hybridized carbons (Fsp3) is 0.370. The van der Waals surface area contributed by atoms with Gasteiger partial charge in [0.05, 0.1) is 19.3 Å². The molecule has 14 heteroatoms. The molecule has 222 valence electrons. The van der Waals surface area contributed by atoms with Crippen molar-refractivity contribution in [1.82, 2.24) is 10.3 Å². The van der Waals surface area contributed by atoms with Crippen molar-refractivity contribution in [3.63, 3.8) is 0 Å². The summed E-state index contributed by atoms with van der Waals surface area (Å²) >= 11 is 0. The van der Waals surface area contributed by atoms with Crippen LogP contribution in [0.3, 0.4) is 0 Å². The number of aromatic nitrogens is 1. The summed E-state index contributed by atoms with van der Waals surface area (Å²) in [6.07, 6.45) is 1.94. The van der Waals surface area contributed by atoms with Gasteiger partial charge < -0.3 is 29.7 Å². The van der Waals surface area contributed by atoms with Gasteiger partial charge >= 0.3 is 12.6 Å². The summed E-state index contributed by atoms with van der Waals surface area (Å²) < 4.78 is 74.8. The van der Waals surface area contributed by atoms with Crippen molar-refractivity contribution in [1.29, 1.82) is 0 Å². The Morgan fingerprint density at radius 3 is 2.49 bits per heavy atom. The summed E-state index contributed by atoms with van der Waals surface area (Å²) in [5.74, 6) is -3.88. The number of ether oxygens (including phenoxy) is 3. The first-order valence-corrected chi connectivity index (χ1v) is 12.5. The van der Waals surface area contributed by atoms with Crippen LogP contribution in [0.25, 0.3) is 11.5 Å². The number of nitrogens with one attached hydrogen (secondary N) is 1. The number of carbonyl (C=O) groups is 2. The smallest absolute Gasteiger partial charge is 0.387 e. The number of halogens is 5. The second-order valence-corrected chi connectivity index (χ2v) is 9.14. The Morgan fingerprint density at radius 1 is 1.15 bits per heavy atom. The maximum absolute atomic E-state index is 14.5. The van der Waals surface area contributed by atoms with E-state index >= 15 is 0 Å². The number of nitrogens with two attached hydrogens (primary N) is 1. The Labute approximate surface area is 238 Å². The van der Waals surface area contributed by atoms with Gasteiger partial charge in [0.1, 0.15) is 11.6 Å². The van der Waals surface area contributed by atoms with E-state index in [0.717, 1.165) is 25.0 Å². The Hall–Kier alpha value is -3.84. The van der Waals surface area contributed by atoms with Gasteiger partial charge in [-0.2, -0.15) is 8.78 Å². The molecule has 3 N–H and O–H groups in total. The van der Waals surface area contributed by atoms with E-state index < -0.39 is 42.2 Å². The largest absolute Gasteiger partial charge is 0.489 e. The molecule has 1 aliphatic rings. The van der Waals surface area contributed by atoms with Gasteiger partial charge in [-0.3, -0.25) is 4.79 Å². The maximum Gasteiger partial charge on any atom is 0.387 e. The third kappa shape index (κ3) is 7.88. The fourth-order valence-electron chi connectivity index (χ4n) is 3.79. The van der Waals surface area contributed by atoms with Crippen molar-refractivity contribution in [2.75, 3.05) is 13.2 Å². The molecule has 2 aromatic carbocycles. The maximum atomic E-state index is 14.5. The summed E-state index contributed by atoms with van der Waals surface area (Å²) in [5, 5.41) is 2.35. The fourth-order valence-corrected chi connectivity index (χ4v) is 3.79. The zero-order chi connectivity index (χ0) is 29.0. The number of alkyl halides is 2. The van der Waals surface area contributed by atoms with Crippen LogP contribution in [-0.4, -0.2) is 36.7 Å². The average Bonchev–Trinajstić information content (AvgIpc) is 3.61. The number of hydrogen-bond acceptors (Lipinski definition) is 8. The van der Waals surface area contributed by atoms with E-state index in [-0.39, 0.29) is 59.0 Å². The molecule has 41 heavy (non-hydrogen) atoms. The molecular formula is C27H28ClF4N3O6. The molecule has 2 atom stereocenters. The molecule has 1 unspecified atom stereocenters. The Balaban J connectivity index is 0.00000462. The van der Waals surface area contributed by atoms with Crippen molar-refractivity contribution in [2.24, 2.45) is 11.7 Å². The minimum atomic E-state index is -3.07. The van der Waals surface area contributed by atoms with Crippen molar-refractivity contribution < 1.29 is 45.8 Å². The first-order valence-electron chi connectivity index (χ1n) is 12.5. The average molecular weight is 602 g/mol. The zero-order valence-electron chi connectivity index (χ0n) is 22.0. The lowest BCUT2D eigenvalue weighted by molar-refractivity contribution is -0.145. The lowest BCUT2D eigenvalue weighted by atomic mass is 10.1. The molecule has 0 aliphatic heterocycles. The van der Waals surface area contributed by atoms with Crippen LogP contribution in [0.4, 0.5) is 17.6 Å². The van der Waals surface area contributed by atoms with Crippen LogP contribution in [-0.2, 0) is 9.53 Å². The summed E-state index contributed by atoms with van der Waals surface area (Å²) in [5.41, 5.74) is 5.62. The Bertz CT molecular complexity index is 1380. The SMILES string of the molecule is CCOC(=O)C(NC(=O)c1nc(-c2ccc(OC(F)F)c(OCC3CC3)c2)oc1[C@H](C)N)c1ccc(F)cc1F.Cl. The van der Waals surface area contributed by atoms with Crippen molar-refractivity contribution in [3.05, 3.63) is 65.1 Å². The molecule has 1 saturated carbocycles. The highest BCUT2D eigenvalue weighted by molar-refractivity contribution is 5.97. The molecule has 3 aromatic rings. The number of benzene rings is 2. The topological polar surface area (TPSA) is 126 Å². The van der Waals surface area contributed by atoms with Crippen molar-refractivity contribution in [3.8, 4) is 23.0 Å². The minimum absolute atomic E-state index is 0. The molecule has 0 saturated heterocycles. The number of carbonyl (C=O) groups excluding carboxylic acids is 2. The van der Waals surface area contributed by atoms with E-state index in [1.165, 1.54) is 32.0 Å². The number of nitrogens with zero attached hydrogens (tertiary/aromatic N) is 1. The lowest BCUT2D eigenvalue weighted by Crippen LogP contribution is -2.36. The van der Waals surface area contributed by atoms with Gasteiger partial charge in [-0.05, 0) is 56.9 Å². The summed E-state index contributed by atoms with van der Waals surface area (Å²) in [7, 11) is 0. The molecule has 1 amide bonds. The minimum Gasteiger partial charge on any atom is -0.489 e. The van der Waals surface area contributed by atoms with Gasteiger partial charge in [0.2, 0.25) is 5.89 Å². The van der Waals surface area contributed by atoms with Crippen LogP contribution in [0.5, 0.6) is 11.5 Å². The third-order valence-corrected chi connectivity index (χ3v) is 5.93. The van der Waals surface area contributed by atoms with E-state index in [2.05, 4.69) is 15.0 Å². The first-order chi connectivity index (χ1) is 19.1. The molecule has 9 nitrogen and oxygen atoms in total. The summed E-state index contributed by atoms with van der Waals surface area (Å²) in [4.78, 5) is 30.1. The van der Waals surface area contributed by atoms with E-state index in [9.17, 15) is 27.2 Å². The van der Waals surface area contributed by atoms with E-state index in [4.69, 9.17) is 19.6 Å². The molecule has 0 bridgehead atoms. The van der Waals surface area contributed by atoms with Crippen LogP contribution in [0.2, 0.25) is 0 Å². The van der Waals surface area contributed by atoms with Crippen LogP contribution < -0.4 is 20.5 Å². The van der Waals surface area contributed by atoms with Crippen LogP contribution in [0, 0.1) is 17.6 Å². The highest BCUT2D eigenvalue weighted by atomic mass is 35.5. The number of amides is 1. The number of hydrogen-bond donors (Lipinski definition) is 2. The lowest BCUT2D eigenvalue weighted by Gasteiger charge is -2.18. The van der Waals surface area contributed by atoms with Crippen LogP contribution in [0.1, 0.15) is 60.6 Å². The molecule has 1 aliphatic carbocycles. The number of rotatable bonds is 12. The molecule has 1 fully saturated rings. The second-order valence-electron chi connectivity index (χ2n) is 9.14. The highest BCUT2D eigenvalue weighted by Gasteiger charge is 2.31. The molecular weight excluding hydrogens is 574 g/mol. The van der Waals surface area contributed by atoms with E-state index in [1.54, 1.807) is 0 Å². The first kappa shape index (κ1) is 31.7. The van der Waals surface area contributed by atoms with Gasteiger partial charge in [0.15, 0.2) is 29.0 Å². The highest BCUT2D eigenvalue weighted by Crippen LogP contribution is 2.37. The van der Waals surface area contributed by atoms with Gasteiger partial charge in [-0.25, -0.2) is 18.6 Å². The van der Waals surface area contributed by atoms with Crippen molar-refractivity contribution >= 4 is 24.3 Å². The third-order valence-electron chi connectivity index (χ3n) is 5.93. The zero-order valence-corrected chi connectivity index (χ0v) is 22.8. The van der Waals surface area contributed by atoms with E-state index in [0.29, 0.717) is 18.6 Å². The van der Waals surface area contributed by atoms with Gasteiger partial charge in [-0.1, -0.05) is 6.07 Å². The molecule has 4 rings (SSSR count).